The predicted octanol–water partition coefficient (Wildman–Crippen LogP) is 2.50. The molecule has 0 amide bonds. The van der Waals surface area contributed by atoms with Crippen molar-refractivity contribution in [1.82, 2.24) is 10.2 Å². The zero-order valence-corrected chi connectivity index (χ0v) is 11.0. The van der Waals surface area contributed by atoms with Gasteiger partial charge in [-0.3, -0.25) is 0 Å². The topological polar surface area (TPSA) is 15.3 Å². The number of hydrogen-bond donors (Lipinski definition) is 1. The van der Waals surface area contributed by atoms with Gasteiger partial charge in [0.15, 0.2) is 0 Å². The second-order valence-electron chi connectivity index (χ2n) is 5.99. The maximum absolute atomic E-state index is 3.40. The van der Waals surface area contributed by atoms with Crippen LogP contribution in [0.15, 0.2) is 0 Å². The first-order valence-corrected chi connectivity index (χ1v) is 7.17. The largest absolute Gasteiger partial charge is 0.316 e. The van der Waals surface area contributed by atoms with Crippen molar-refractivity contribution in [2.75, 3.05) is 26.7 Å². The predicted molar refractivity (Wildman–Crippen MR) is 69.6 cm³/mol. The molecule has 0 bridgehead atoms. The molecule has 1 N–H and O–H groups in total. The number of rotatable bonds is 4. The van der Waals surface area contributed by atoms with Gasteiger partial charge < -0.3 is 10.2 Å². The molecule has 2 aliphatic rings. The molecule has 0 aromatic carbocycles. The Balaban J connectivity index is 1.61. The van der Waals surface area contributed by atoms with E-state index in [9.17, 15) is 0 Å². The monoisotopic (exact) mass is 224 g/mol. The van der Waals surface area contributed by atoms with E-state index in [4.69, 9.17) is 0 Å². The van der Waals surface area contributed by atoms with Crippen LogP contribution in [0.2, 0.25) is 0 Å². The zero-order valence-electron chi connectivity index (χ0n) is 11.0. The van der Waals surface area contributed by atoms with Gasteiger partial charge >= 0.3 is 0 Å². The fourth-order valence-electron chi connectivity index (χ4n) is 3.25. The number of nitrogens with one attached hydrogen (secondary N) is 1. The van der Waals surface area contributed by atoms with Gasteiger partial charge in [-0.05, 0) is 44.8 Å². The molecule has 1 atom stereocenters. The summed E-state index contributed by atoms with van der Waals surface area (Å²) >= 11 is 0. The third kappa shape index (κ3) is 3.46. The second kappa shape index (κ2) is 6.02. The lowest BCUT2D eigenvalue weighted by Crippen LogP contribution is -2.31. The molecule has 0 spiro atoms. The minimum Gasteiger partial charge on any atom is -0.316 e. The average Bonchev–Trinajstić information content (AvgIpc) is 2.76. The van der Waals surface area contributed by atoms with Crippen LogP contribution in [0, 0.1) is 11.8 Å². The van der Waals surface area contributed by atoms with Crippen LogP contribution in [-0.4, -0.2) is 37.6 Å². The van der Waals surface area contributed by atoms with E-state index in [1.807, 2.05) is 0 Å². The standard InChI is InChI=1S/C14H28N2/c1-12-3-5-13(6-4-12)7-9-16-10-8-14(11-16)15-2/h12-15H,3-11H2,1-2H3. The lowest BCUT2D eigenvalue weighted by molar-refractivity contribution is 0.236. The van der Waals surface area contributed by atoms with E-state index in [1.165, 1.54) is 58.2 Å². The lowest BCUT2D eigenvalue weighted by atomic mass is 9.81. The highest BCUT2D eigenvalue weighted by atomic mass is 15.2. The lowest BCUT2D eigenvalue weighted by Gasteiger charge is -2.27. The van der Waals surface area contributed by atoms with Crippen LogP contribution in [0.4, 0.5) is 0 Å². The molecule has 1 saturated heterocycles. The van der Waals surface area contributed by atoms with Gasteiger partial charge in [0.2, 0.25) is 0 Å². The molecule has 0 aromatic rings. The van der Waals surface area contributed by atoms with E-state index in [-0.39, 0.29) is 0 Å². The summed E-state index contributed by atoms with van der Waals surface area (Å²) in [6.45, 7) is 6.35. The molecule has 1 saturated carbocycles. The van der Waals surface area contributed by atoms with Crippen molar-refractivity contribution >= 4 is 0 Å². The first-order chi connectivity index (χ1) is 7.78. The van der Waals surface area contributed by atoms with E-state index in [0.717, 1.165) is 17.9 Å². The molecule has 0 radical (unpaired) electrons. The van der Waals surface area contributed by atoms with Crippen molar-refractivity contribution < 1.29 is 0 Å². The quantitative estimate of drug-likeness (QED) is 0.789. The molecule has 2 rings (SSSR count). The molecule has 2 fully saturated rings. The van der Waals surface area contributed by atoms with Crippen molar-refractivity contribution in [3.63, 3.8) is 0 Å². The van der Waals surface area contributed by atoms with Gasteiger partial charge in [-0.2, -0.15) is 0 Å². The number of likely N-dealkylation sites (N-methyl/N-ethyl adjacent to an activating group) is 1. The molecule has 1 unspecified atom stereocenters. The summed E-state index contributed by atoms with van der Waals surface area (Å²) in [5.74, 6) is 2.03. The fourth-order valence-corrected chi connectivity index (χ4v) is 3.25. The van der Waals surface area contributed by atoms with Crippen molar-refractivity contribution in [3.05, 3.63) is 0 Å². The van der Waals surface area contributed by atoms with Gasteiger partial charge in [0.25, 0.3) is 0 Å². The van der Waals surface area contributed by atoms with E-state index >= 15 is 0 Å². The van der Waals surface area contributed by atoms with E-state index < -0.39 is 0 Å². The number of nitrogens with zero attached hydrogens (tertiary/aromatic N) is 1. The summed E-state index contributed by atoms with van der Waals surface area (Å²) in [4.78, 5) is 2.65. The first-order valence-electron chi connectivity index (χ1n) is 7.17. The van der Waals surface area contributed by atoms with Crippen molar-refractivity contribution in [3.8, 4) is 0 Å². The van der Waals surface area contributed by atoms with Crippen molar-refractivity contribution in [1.29, 1.82) is 0 Å². The molecule has 1 heterocycles. The molecular formula is C14H28N2. The minimum absolute atomic E-state index is 0.756. The van der Waals surface area contributed by atoms with Gasteiger partial charge in [0.05, 0.1) is 0 Å². The van der Waals surface area contributed by atoms with Gasteiger partial charge in [0.1, 0.15) is 0 Å². The smallest absolute Gasteiger partial charge is 0.0204 e. The summed E-state index contributed by atoms with van der Waals surface area (Å²) in [5.41, 5.74) is 0. The summed E-state index contributed by atoms with van der Waals surface area (Å²) in [6, 6.07) is 0.756. The van der Waals surface area contributed by atoms with E-state index in [0.29, 0.717) is 0 Å². The summed E-state index contributed by atoms with van der Waals surface area (Å²) in [5, 5.41) is 3.40. The highest BCUT2D eigenvalue weighted by Crippen LogP contribution is 2.30. The SMILES string of the molecule is CNC1CCN(CCC2CCC(C)CC2)C1. The molecule has 2 nitrogen and oxygen atoms in total. The Bertz CT molecular complexity index is 195. The Labute approximate surface area is 101 Å². The Morgan fingerprint density at radius 3 is 2.50 bits per heavy atom. The zero-order chi connectivity index (χ0) is 11.4. The highest BCUT2D eigenvalue weighted by Gasteiger charge is 2.23. The Morgan fingerprint density at radius 2 is 1.88 bits per heavy atom. The molecule has 1 aliphatic carbocycles. The van der Waals surface area contributed by atoms with Crippen LogP contribution >= 0.6 is 0 Å². The Hall–Kier alpha value is -0.0800. The third-order valence-electron chi connectivity index (χ3n) is 4.67. The van der Waals surface area contributed by atoms with E-state index in [2.05, 4.69) is 24.2 Å². The van der Waals surface area contributed by atoms with Crippen LogP contribution in [-0.2, 0) is 0 Å². The van der Waals surface area contributed by atoms with Crippen LogP contribution in [0.1, 0.15) is 45.4 Å². The van der Waals surface area contributed by atoms with Gasteiger partial charge in [-0.25, -0.2) is 0 Å². The van der Waals surface area contributed by atoms with Crippen molar-refractivity contribution in [2.45, 2.75) is 51.5 Å². The minimum atomic E-state index is 0.756. The summed E-state index contributed by atoms with van der Waals surface area (Å²) < 4.78 is 0. The summed E-state index contributed by atoms with van der Waals surface area (Å²) in [6.07, 6.45) is 8.73. The van der Waals surface area contributed by atoms with Crippen molar-refractivity contribution in [2.24, 2.45) is 11.8 Å². The van der Waals surface area contributed by atoms with Crippen LogP contribution in [0.3, 0.4) is 0 Å². The molecule has 16 heavy (non-hydrogen) atoms. The van der Waals surface area contributed by atoms with Gasteiger partial charge in [0, 0.05) is 12.6 Å². The molecule has 1 aliphatic heterocycles. The fraction of sp³-hybridized carbons (Fsp3) is 1.00. The molecular weight excluding hydrogens is 196 g/mol. The average molecular weight is 224 g/mol. The number of likely N-dealkylation sites (tertiary alicyclic amines) is 1. The Kier molecular flexibility index (Phi) is 4.66. The van der Waals surface area contributed by atoms with Gasteiger partial charge in [-0.1, -0.05) is 32.6 Å². The third-order valence-corrected chi connectivity index (χ3v) is 4.67. The molecule has 2 heteroatoms. The van der Waals surface area contributed by atoms with Crippen LogP contribution in [0.25, 0.3) is 0 Å². The van der Waals surface area contributed by atoms with E-state index in [1.54, 1.807) is 0 Å². The maximum Gasteiger partial charge on any atom is 0.0204 e. The normalized spacial score (nSPS) is 36.8. The summed E-state index contributed by atoms with van der Waals surface area (Å²) in [7, 11) is 2.09. The second-order valence-corrected chi connectivity index (χ2v) is 5.99. The maximum atomic E-state index is 3.40. The molecule has 0 aromatic heterocycles. The highest BCUT2D eigenvalue weighted by molar-refractivity contribution is 4.80. The van der Waals surface area contributed by atoms with Crippen LogP contribution in [0.5, 0.6) is 0 Å². The molecule has 94 valence electrons. The van der Waals surface area contributed by atoms with Gasteiger partial charge in [-0.15, -0.1) is 0 Å². The van der Waals surface area contributed by atoms with Crippen LogP contribution < -0.4 is 5.32 Å². The first kappa shape index (κ1) is 12.4. The number of hydrogen-bond acceptors (Lipinski definition) is 2. The Morgan fingerprint density at radius 1 is 1.12 bits per heavy atom.